The van der Waals surface area contributed by atoms with Crippen LogP contribution in [0.15, 0.2) is 36.4 Å². The van der Waals surface area contributed by atoms with Crippen LogP contribution in [-0.4, -0.2) is 25.7 Å². The molecule has 0 fully saturated rings. The maximum Gasteiger partial charge on any atom is 0.307 e. The summed E-state index contributed by atoms with van der Waals surface area (Å²) in [6.45, 7) is 3.82. The van der Waals surface area contributed by atoms with Gasteiger partial charge in [0.2, 0.25) is 0 Å². The number of carboxylic acids is 1. The van der Waals surface area contributed by atoms with Gasteiger partial charge in [0.05, 0.1) is 17.0 Å². The number of hydrogen-bond acceptors (Lipinski definition) is 3. The number of phenolic OH excluding ortho intramolecular Hbond substituents is 1. The summed E-state index contributed by atoms with van der Waals surface area (Å²) in [6.07, 6.45) is -0.160. The van der Waals surface area contributed by atoms with Crippen molar-refractivity contribution in [1.82, 2.24) is 4.57 Å². The summed E-state index contributed by atoms with van der Waals surface area (Å²) in [5.41, 5.74) is 4.00. The van der Waals surface area contributed by atoms with Crippen LogP contribution in [-0.2, 0) is 11.2 Å². The maximum atomic E-state index is 11.3. The predicted octanol–water partition coefficient (Wildman–Crippen LogP) is 4.47. The lowest BCUT2D eigenvalue weighted by molar-refractivity contribution is -0.136. The van der Waals surface area contributed by atoms with Crippen LogP contribution in [0.4, 0.5) is 0 Å². The van der Waals surface area contributed by atoms with Crippen molar-refractivity contribution in [3.05, 3.63) is 63.8 Å². The first-order chi connectivity index (χ1) is 11.8. The van der Waals surface area contributed by atoms with E-state index in [0.29, 0.717) is 21.5 Å². The number of halogens is 1. The van der Waals surface area contributed by atoms with Gasteiger partial charge in [-0.3, -0.25) is 4.79 Å². The Kier molecular flexibility index (Phi) is 4.54. The summed E-state index contributed by atoms with van der Waals surface area (Å²) in [6, 6.07) is 10.9. The Morgan fingerprint density at radius 2 is 1.84 bits per heavy atom. The maximum absolute atomic E-state index is 11.3. The quantitative estimate of drug-likeness (QED) is 0.665. The van der Waals surface area contributed by atoms with E-state index in [0.717, 1.165) is 16.8 Å². The van der Waals surface area contributed by atoms with Crippen LogP contribution in [0.25, 0.3) is 10.9 Å². The Balaban J connectivity index is 2.28. The van der Waals surface area contributed by atoms with E-state index in [4.69, 9.17) is 23.8 Å². The molecule has 1 aromatic heterocycles. The standard InChI is InChI=1S/C19H16ClNO3S/c1-10-3-5-12(6-4-10)19(25)21-11(2)13(8-18(23)24)14-7-17(22)15(20)9-16(14)21/h3-7,9,22H,8H2,1-2H3,(H,23,24). The van der Waals surface area contributed by atoms with Crippen molar-refractivity contribution in [2.75, 3.05) is 0 Å². The van der Waals surface area contributed by atoms with Crippen molar-refractivity contribution in [2.24, 2.45) is 0 Å². The molecular weight excluding hydrogens is 358 g/mol. The van der Waals surface area contributed by atoms with Gasteiger partial charge in [0, 0.05) is 16.6 Å². The average Bonchev–Trinajstić information content (AvgIpc) is 2.80. The average molecular weight is 374 g/mol. The van der Waals surface area contributed by atoms with Gasteiger partial charge in [-0.1, -0.05) is 53.6 Å². The van der Waals surface area contributed by atoms with Crippen molar-refractivity contribution >= 4 is 45.7 Å². The highest BCUT2D eigenvalue weighted by atomic mass is 35.5. The predicted molar refractivity (Wildman–Crippen MR) is 103 cm³/mol. The molecule has 6 heteroatoms. The van der Waals surface area contributed by atoms with Crippen LogP contribution in [0, 0.1) is 13.8 Å². The molecule has 2 aromatic carbocycles. The fourth-order valence-electron chi connectivity index (χ4n) is 2.95. The molecule has 0 amide bonds. The molecule has 0 radical (unpaired) electrons. The number of aliphatic carboxylic acids is 1. The largest absolute Gasteiger partial charge is 0.506 e. The normalized spacial score (nSPS) is 11.0. The Morgan fingerprint density at radius 3 is 2.44 bits per heavy atom. The van der Waals surface area contributed by atoms with Gasteiger partial charge in [-0.25, -0.2) is 0 Å². The molecule has 4 nitrogen and oxygen atoms in total. The number of phenols is 1. The van der Waals surface area contributed by atoms with Crippen LogP contribution < -0.4 is 0 Å². The number of carbonyl (C=O) groups is 1. The third-order valence-electron chi connectivity index (χ3n) is 4.23. The van der Waals surface area contributed by atoms with Crippen molar-refractivity contribution < 1.29 is 15.0 Å². The summed E-state index contributed by atoms with van der Waals surface area (Å²) < 4.78 is 1.82. The second kappa shape index (κ2) is 6.50. The molecule has 0 bridgehead atoms. The van der Waals surface area contributed by atoms with Gasteiger partial charge in [0.15, 0.2) is 0 Å². The van der Waals surface area contributed by atoms with E-state index in [2.05, 4.69) is 0 Å². The third kappa shape index (κ3) is 3.13. The van der Waals surface area contributed by atoms with Gasteiger partial charge in [-0.15, -0.1) is 0 Å². The smallest absolute Gasteiger partial charge is 0.307 e. The minimum atomic E-state index is -0.946. The number of aromatic hydroxyl groups is 1. The molecule has 0 unspecified atom stereocenters. The molecule has 0 saturated carbocycles. The lowest BCUT2D eigenvalue weighted by Gasteiger charge is -2.11. The number of thiocarbonyl (C=S) groups is 1. The number of hydrogen-bond donors (Lipinski definition) is 2. The van der Waals surface area contributed by atoms with Crippen LogP contribution >= 0.6 is 23.8 Å². The molecule has 3 aromatic rings. The first-order valence-corrected chi connectivity index (χ1v) is 8.43. The van der Waals surface area contributed by atoms with Crippen LogP contribution in [0.2, 0.25) is 5.02 Å². The van der Waals surface area contributed by atoms with E-state index in [1.807, 2.05) is 42.7 Å². The highest BCUT2D eigenvalue weighted by Gasteiger charge is 2.21. The van der Waals surface area contributed by atoms with Crippen molar-refractivity contribution in [1.29, 1.82) is 0 Å². The van der Waals surface area contributed by atoms with E-state index in [9.17, 15) is 15.0 Å². The van der Waals surface area contributed by atoms with Crippen molar-refractivity contribution in [3.8, 4) is 5.75 Å². The summed E-state index contributed by atoms with van der Waals surface area (Å²) in [4.78, 5) is 11.8. The Morgan fingerprint density at radius 1 is 1.20 bits per heavy atom. The molecule has 3 rings (SSSR count). The fourth-order valence-corrected chi connectivity index (χ4v) is 3.48. The Hall–Kier alpha value is -2.37. The number of carboxylic acid groups (broad SMARTS) is 1. The Labute approximate surface area is 155 Å². The zero-order valence-electron chi connectivity index (χ0n) is 13.7. The van der Waals surface area contributed by atoms with Gasteiger partial charge in [0.1, 0.15) is 10.7 Å². The number of nitrogens with zero attached hydrogens (tertiary/aromatic N) is 1. The van der Waals surface area contributed by atoms with Crippen LogP contribution in [0.5, 0.6) is 5.75 Å². The number of aromatic nitrogens is 1. The first kappa shape index (κ1) is 17.5. The van der Waals surface area contributed by atoms with Gasteiger partial charge >= 0.3 is 5.97 Å². The zero-order valence-corrected chi connectivity index (χ0v) is 15.3. The van der Waals surface area contributed by atoms with Crippen molar-refractivity contribution in [2.45, 2.75) is 20.3 Å². The summed E-state index contributed by atoms with van der Waals surface area (Å²) in [5, 5.41) is 20.0. The molecule has 1 heterocycles. The van der Waals surface area contributed by atoms with Gasteiger partial charge in [-0.2, -0.15) is 0 Å². The molecule has 128 valence electrons. The minimum Gasteiger partial charge on any atom is -0.506 e. The number of aryl methyl sites for hydroxylation is 1. The fraction of sp³-hybridized carbons (Fsp3) is 0.158. The number of rotatable bonds is 3. The van der Waals surface area contributed by atoms with Crippen LogP contribution in [0.1, 0.15) is 22.4 Å². The lowest BCUT2D eigenvalue weighted by atomic mass is 10.1. The van der Waals surface area contributed by atoms with E-state index >= 15 is 0 Å². The summed E-state index contributed by atoms with van der Waals surface area (Å²) in [5.74, 6) is -1.03. The minimum absolute atomic E-state index is 0.0841. The van der Waals surface area contributed by atoms with E-state index in [1.54, 1.807) is 6.07 Å². The topological polar surface area (TPSA) is 62.5 Å². The molecule has 25 heavy (non-hydrogen) atoms. The third-order valence-corrected chi connectivity index (χ3v) is 4.95. The lowest BCUT2D eigenvalue weighted by Crippen LogP contribution is -2.13. The molecule has 2 N–H and O–H groups in total. The molecule has 0 aliphatic carbocycles. The van der Waals surface area contributed by atoms with E-state index in [1.165, 1.54) is 6.07 Å². The highest BCUT2D eigenvalue weighted by molar-refractivity contribution is 7.80. The summed E-state index contributed by atoms with van der Waals surface area (Å²) in [7, 11) is 0. The second-order valence-electron chi connectivity index (χ2n) is 5.96. The number of fused-ring (bicyclic) bond motifs is 1. The molecule has 0 aliphatic rings. The monoisotopic (exact) mass is 373 g/mol. The second-order valence-corrected chi connectivity index (χ2v) is 6.76. The first-order valence-electron chi connectivity index (χ1n) is 7.65. The van der Waals surface area contributed by atoms with Gasteiger partial charge in [0.25, 0.3) is 0 Å². The molecule has 0 atom stereocenters. The molecule has 0 spiro atoms. The number of benzene rings is 2. The van der Waals surface area contributed by atoms with Gasteiger partial charge < -0.3 is 14.8 Å². The summed E-state index contributed by atoms with van der Waals surface area (Å²) >= 11 is 11.7. The SMILES string of the molecule is Cc1ccc(C(=S)n2c(C)c(CC(=O)O)c3cc(O)c(Cl)cc32)cc1. The molecule has 0 saturated heterocycles. The zero-order chi connectivity index (χ0) is 18.3. The molecule has 0 aliphatic heterocycles. The van der Waals surface area contributed by atoms with E-state index in [-0.39, 0.29) is 17.2 Å². The highest BCUT2D eigenvalue weighted by Crippen LogP contribution is 2.35. The van der Waals surface area contributed by atoms with Crippen LogP contribution in [0.3, 0.4) is 0 Å². The van der Waals surface area contributed by atoms with Crippen molar-refractivity contribution in [3.63, 3.8) is 0 Å². The molecular formula is C19H16ClNO3S. The van der Waals surface area contributed by atoms with E-state index < -0.39 is 5.97 Å². The Bertz CT molecular complexity index is 1010. The van der Waals surface area contributed by atoms with Gasteiger partial charge in [-0.05, 0) is 31.5 Å².